The average molecular weight is 395 g/mol. The zero-order valence-electron chi connectivity index (χ0n) is 12.2. The van der Waals surface area contributed by atoms with E-state index in [2.05, 4.69) is 0 Å². The van der Waals surface area contributed by atoms with Crippen LogP contribution in [-0.2, 0) is 6.18 Å². The van der Waals surface area contributed by atoms with Crippen molar-refractivity contribution in [1.82, 2.24) is 4.98 Å². The van der Waals surface area contributed by atoms with Crippen LogP contribution in [0.2, 0.25) is 5.02 Å². The van der Waals surface area contributed by atoms with Crippen LogP contribution in [0.15, 0.2) is 16.9 Å². The van der Waals surface area contributed by atoms with E-state index in [1.807, 2.05) is 0 Å². The molecule has 0 atom stereocenters. The molecule has 2 aromatic rings. The second-order valence-corrected chi connectivity index (χ2v) is 5.27. The lowest BCUT2D eigenvalue weighted by molar-refractivity contribution is -0.137. The molecule has 2 rings (SSSR count). The topological polar surface area (TPSA) is 133 Å². The summed E-state index contributed by atoms with van der Waals surface area (Å²) < 4.78 is 52.8. The van der Waals surface area contributed by atoms with Crippen LogP contribution in [0, 0.1) is 5.82 Å². The first-order chi connectivity index (χ1) is 11.9. The number of nitrogen functional groups attached to an aromatic ring is 1. The summed E-state index contributed by atoms with van der Waals surface area (Å²) >= 11 is 5.37. The summed E-state index contributed by atoms with van der Waals surface area (Å²) in [5.74, 6) is -6.35. The van der Waals surface area contributed by atoms with E-state index in [1.165, 1.54) is 0 Å². The highest BCUT2D eigenvalue weighted by Crippen LogP contribution is 2.40. The van der Waals surface area contributed by atoms with Gasteiger partial charge >= 0.3 is 18.1 Å². The second kappa shape index (κ2) is 6.33. The van der Waals surface area contributed by atoms with E-state index in [4.69, 9.17) is 22.4 Å². The molecular formula is C14H7ClF4N2O5. The molecule has 0 spiro atoms. The van der Waals surface area contributed by atoms with E-state index in [1.54, 1.807) is 4.98 Å². The van der Waals surface area contributed by atoms with Gasteiger partial charge in [-0.05, 0) is 6.07 Å². The Kier molecular flexibility index (Phi) is 4.69. The lowest BCUT2D eigenvalue weighted by Gasteiger charge is -2.15. The van der Waals surface area contributed by atoms with Crippen molar-refractivity contribution in [3.05, 3.63) is 50.0 Å². The van der Waals surface area contributed by atoms with Gasteiger partial charge in [-0.3, -0.25) is 4.79 Å². The molecule has 0 bridgehead atoms. The molecule has 0 aliphatic carbocycles. The van der Waals surface area contributed by atoms with Crippen LogP contribution in [0.4, 0.5) is 23.4 Å². The van der Waals surface area contributed by atoms with Gasteiger partial charge in [-0.25, -0.2) is 14.0 Å². The minimum Gasteiger partial charge on any atom is -0.478 e. The number of carbonyl (C=O) groups is 2. The number of rotatable bonds is 3. The number of pyridine rings is 1. The van der Waals surface area contributed by atoms with Crippen LogP contribution < -0.4 is 11.3 Å². The number of hydrogen-bond acceptors (Lipinski definition) is 4. The largest absolute Gasteiger partial charge is 0.478 e. The van der Waals surface area contributed by atoms with Crippen molar-refractivity contribution < 1.29 is 37.4 Å². The summed E-state index contributed by atoms with van der Waals surface area (Å²) in [6.07, 6.45) is -5.02. The first-order valence-electron chi connectivity index (χ1n) is 6.45. The van der Waals surface area contributed by atoms with Crippen LogP contribution in [0.25, 0.3) is 11.1 Å². The van der Waals surface area contributed by atoms with Crippen molar-refractivity contribution in [2.45, 2.75) is 6.18 Å². The molecule has 5 N–H and O–H groups in total. The van der Waals surface area contributed by atoms with Crippen LogP contribution in [0.5, 0.6) is 0 Å². The minimum atomic E-state index is -5.02. The van der Waals surface area contributed by atoms with Gasteiger partial charge in [-0.15, -0.1) is 0 Å². The highest BCUT2D eigenvalue weighted by atomic mass is 35.5. The number of nitrogens with two attached hydrogens (primary N) is 1. The van der Waals surface area contributed by atoms with Crippen LogP contribution in [0.3, 0.4) is 0 Å². The van der Waals surface area contributed by atoms with Crippen molar-refractivity contribution in [1.29, 1.82) is 0 Å². The second-order valence-electron chi connectivity index (χ2n) is 4.89. The SMILES string of the molecule is Nc1[nH]c(=O)c(C(=O)O)c(-c2ccc(C(F)(F)F)c(Cl)c2F)c1C(=O)O. The Morgan fingerprint density at radius 1 is 1.12 bits per heavy atom. The quantitative estimate of drug-likeness (QED) is 0.591. The lowest BCUT2D eigenvalue weighted by atomic mass is 9.94. The normalized spacial score (nSPS) is 11.4. The molecule has 138 valence electrons. The van der Waals surface area contributed by atoms with Gasteiger partial charge in [0.15, 0.2) is 0 Å². The predicted octanol–water partition coefficient (Wildman–Crippen LogP) is 2.83. The number of aromatic nitrogens is 1. The van der Waals surface area contributed by atoms with Crippen molar-refractivity contribution >= 4 is 29.4 Å². The van der Waals surface area contributed by atoms with Gasteiger partial charge < -0.3 is 20.9 Å². The monoisotopic (exact) mass is 394 g/mol. The van der Waals surface area contributed by atoms with Crippen molar-refractivity contribution in [3.63, 3.8) is 0 Å². The van der Waals surface area contributed by atoms with Gasteiger partial charge in [0, 0.05) is 11.1 Å². The number of halogens is 5. The number of aromatic amines is 1. The highest BCUT2D eigenvalue weighted by molar-refractivity contribution is 6.32. The lowest BCUT2D eigenvalue weighted by Crippen LogP contribution is -2.24. The zero-order valence-corrected chi connectivity index (χ0v) is 13.0. The van der Waals surface area contributed by atoms with E-state index in [0.29, 0.717) is 12.1 Å². The Balaban J connectivity index is 3.02. The van der Waals surface area contributed by atoms with Gasteiger partial charge in [-0.2, -0.15) is 13.2 Å². The van der Waals surface area contributed by atoms with Gasteiger partial charge in [0.1, 0.15) is 22.8 Å². The fourth-order valence-corrected chi connectivity index (χ4v) is 2.55. The summed E-state index contributed by atoms with van der Waals surface area (Å²) in [4.78, 5) is 36.3. The molecular weight excluding hydrogens is 388 g/mol. The summed E-state index contributed by atoms with van der Waals surface area (Å²) in [5.41, 5.74) is -1.74. The molecule has 1 heterocycles. The van der Waals surface area contributed by atoms with E-state index in [9.17, 15) is 37.1 Å². The van der Waals surface area contributed by atoms with Crippen LogP contribution in [-0.4, -0.2) is 27.1 Å². The number of H-pyrrole nitrogens is 1. The third-order valence-corrected chi connectivity index (χ3v) is 3.70. The molecule has 0 saturated carbocycles. The molecule has 0 saturated heterocycles. The minimum absolute atomic E-state index is 0.329. The molecule has 7 nitrogen and oxygen atoms in total. The summed E-state index contributed by atoms with van der Waals surface area (Å²) in [6.45, 7) is 0. The molecule has 0 aliphatic heterocycles. The molecule has 0 aliphatic rings. The molecule has 26 heavy (non-hydrogen) atoms. The average Bonchev–Trinajstić information content (AvgIpc) is 2.46. The number of hydrogen-bond donors (Lipinski definition) is 4. The number of carboxylic acid groups (broad SMARTS) is 2. The summed E-state index contributed by atoms with van der Waals surface area (Å²) in [6, 6.07) is 0.798. The summed E-state index contributed by atoms with van der Waals surface area (Å²) in [7, 11) is 0. The molecule has 0 amide bonds. The smallest absolute Gasteiger partial charge is 0.417 e. The van der Waals surface area contributed by atoms with E-state index < -0.39 is 68.1 Å². The van der Waals surface area contributed by atoms with Gasteiger partial charge in [0.05, 0.1) is 10.6 Å². The number of aromatic carboxylic acids is 2. The van der Waals surface area contributed by atoms with Crippen molar-refractivity contribution in [2.24, 2.45) is 0 Å². The molecule has 0 unspecified atom stereocenters. The van der Waals surface area contributed by atoms with Gasteiger partial charge in [0.2, 0.25) is 0 Å². The Hall–Kier alpha value is -3.08. The standard InChI is InChI=1S/C14H7ClF4N2O5/c15-8-4(14(17,18)19)2-1-3(9(8)16)5-6(12(23)24)10(20)21-11(22)7(5)13(25)26/h1-2H,(H,23,24)(H,25,26)(H3,20,21,22). The first kappa shape index (κ1) is 19.2. The van der Waals surface area contributed by atoms with Crippen LogP contribution in [0.1, 0.15) is 26.3 Å². The van der Waals surface area contributed by atoms with Gasteiger partial charge in [0.25, 0.3) is 5.56 Å². The number of alkyl halides is 3. The van der Waals surface area contributed by atoms with Gasteiger partial charge in [-0.1, -0.05) is 17.7 Å². The maximum Gasteiger partial charge on any atom is 0.417 e. The molecule has 1 aromatic heterocycles. The Morgan fingerprint density at radius 2 is 1.65 bits per heavy atom. The Morgan fingerprint density at radius 3 is 2.12 bits per heavy atom. The number of benzene rings is 1. The number of anilines is 1. The van der Waals surface area contributed by atoms with E-state index in [-0.39, 0.29) is 0 Å². The predicted molar refractivity (Wildman–Crippen MR) is 80.8 cm³/mol. The Labute approximate surface area is 145 Å². The summed E-state index contributed by atoms with van der Waals surface area (Å²) in [5, 5.41) is 17.0. The first-order valence-corrected chi connectivity index (χ1v) is 6.83. The van der Waals surface area contributed by atoms with Crippen molar-refractivity contribution in [2.75, 3.05) is 5.73 Å². The molecule has 0 fully saturated rings. The number of nitrogens with one attached hydrogen (secondary N) is 1. The van der Waals surface area contributed by atoms with Crippen LogP contribution >= 0.6 is 11.6 Å². The third-order valence-electron chi connectivity index (χ3n) is 3.33. The number of carboxylic acids is 2. The van der Waals surface area contributed by atoms with E-state index >= 15 is 0 Å². The van der Waals surface area contributed by atoms with E-state index in [0.717, 1.165) is 0 Å². The third kappa shape index (κ3) is 3.08. The maximum atomic E-state index is 14.5. The van der Waals surface area contributed by atoms with Crippen molar-refractivity contribution in [3.8, 4) is 11.1 Å². The molecule has 12 heteroatoms. The molecule has 0 radical (unpaired) electrons. The Bertz CT molecular complexity index is 1000. The fourth-order valence-electron chi connectivity index (χ4n) is 2.28. The molecule has 1 aromatic carbocycles. The fraction of sp³-hybridized carbons (Fsp3) is 0.0714. The maximum absolute atomic E-state index is 14.5. The zero-order chi connectivity index (χ0) is 20.0. The highest BCUT2D eigenvalue weighted by Gasteiger charge is 2.36.